The normalized spacial score (nSPS) is 14.0. The van der Waals surface area contributed by atoms with Gasteiger partial charge in [-0.2, -0.15) is 9.78 Å². The highest BCUT2D eigenvalue weighted by Crippen LogP contribution is 2.25. The summed E-state index contributed by atoms with van der Waals surface area (Å²) in [5.41, 5.74) is 3.32. The zero-order valence-corrected chi connectivity index (χ0v) is 22.8. The fourth-order valence-electron chi connectivity index (χ4n) is 4.48. The van der Waals surface area contributed by atoms with Crippen LogP contribution < -0.4 is 16.2 Å². The third-order valence-corrected chi connectivity index (χ3v) is 7.01. The van der Waals surface area contributed by atoms with E-state index in [1.54, 1.807) is 54.6 Å². The fraction of sp³-hybridized carbons (Fsp3) is 0.250. The van der Waals surface area contributed by atoms with Crippen LogP contribution in [0.3, 0.4) is 0 Å². The summed E-state index contributed by atoms with van der Waals surface area (Å²) in [4.78, 5) is 37.4. The van der Waals surface area contributed by atoms with Crippen LogP contribution in [0.4, 0.5) is 0 Å². The summed E-state index contributed by atoms with van der Waals surface area (Å²) in [7, 11) is 1.34. The molecule has 210 valence electrons. The van der Waals surface area contributed by atoms with Crippen molar-refractivity contribution in [2.75, 3.05) is 20.2 Å². The number of carbonyl (C=O) groups excluding carboxylic acids is 2. The molecule has 5 rings (SSSR count). The van der Waals surface area contributed by atoms with E-state index in [0.717, 1.165) is 18.7 Å². The molecule has 0 spiro atoms. The molecule has 1 fully saturated rings. The van der Waals surface area contributed by atoms with E-state index in [2.05, 4.69) is 36.4 Å². The third-order valence-electron chi connectivity index (χ3n) is 6.77. The summed E-state index contributed by atoms with van der Waals surface area (Å²) in [5, 5.41) is 24.9. The summed E-state index contributed by atoms with van der Waals surface area (Å²) in [6.45, 7) is 1.66. The second-order valence-corrected chi connectivity index (χ2v) is 10.0. The van der Waals surface area contributed by atoms with Crippen molar-refractivity contribution in [3.63, 3.8) is 0 Å². The first-order chi connectivity index (χ1) is 19.9. The highest BCUT2D eigenvalue weighted by Gasteiger charge is 2.25. The molecule has 0 aliphatic carbocycles. The van der Waals surface area contributed by atoms with Crippen molar-refractivity contribution < 1.29 is 14.3 Å². The minimum atomic E-state index is -0.452. The van der Waals surface area contributed by atoms with E-state index in [0.29, 0.717) is 45.4 Å². The van der Waals surface area contributed by atoms with Crippen LogP contribution in [-0.2, 0) is 20.7 Å². The van der Waals surface area contributed by atoms with Gasteiger partial charge in [-0.05, 0) is 77.3 Å². The predicted molar refractivity (Wildman–Crippen MR) is 151 cm³/mol. The molecule has 4 aromatic rings. The number of aromatic amines is 1. The molecule has 1 saturated heterocycles. The van der Waals surface area contributed by atoms with Gasteiger partial charge in [0.2, 0.25) is 5.91 Å². The third kappa shape index (κ3) is 6.91. The smallest absolute Gasteiger partial charge is 0.309 e. The molecule has 1 aliphatic rings. The number of H-pyrrole nitrogens is 1. The number of aromatic nitrogens is 6. The Morgan fingerprint density at radius 2 is 2.00 bits per heavy atom. The van der Waals surface area contributed by atoms with Gasteiger partial charge in [-0.25, -0.2) is 5.10 Å². The van der Waals surface area contributed by atoms with Crippen LogP contribution in [0.25, 0.3) is 22.9 Å². The van der Waals surface area contributed by atoms with E-state index in [1.807, 2.05) is 0 Å². The van der Waals surface area contributed by atoms with Crippen molar-refractivity contribution in [3.05, 3.63) is 93.1 Å². The summed E-state index contributed by atoms with van der Waals surface area (Å²) in [5.74, 6) is -0.341. The maximum absolute atomic E-state index is 13.1. The molecule has 2 aromatic heterocycles. The lowest BCUT2D eigenvalue weighted by atomic mass is 9.92. The van der Waals surface area contributed by atoms with E-state index >= 15 is 0 Å². The summed E-state index contributed by atoms with van der Waals surface area (Å²) < 4.78 is 6.20. The molecule has 3 N–H and O–H groups in total. The maximum Gasteiger partial charge on any atom is 0.309 e. The quantitative estimate of drug-likeness (QED) is 0.191. The van der Waals surface area contributed by atoms with Crippen LogP contribution in [0, 0.1) is 5.92 Å². The Bertz CT molecular complexity index is 1620. The van der Waals surface area contributed by atoms with Crippen molar-refractivity contribution in [1.29, 1.82) is 0 Å². The van der Waals surface area contributed by atoms with Gasteiger partial charge >= 0.3 is 5.97 Å². The molecule has 41 heavy (non-hydrogen) atoms. The largest absolute Gasteiger partial charge is 0.469 e. The topological polar surface area (TPSA) is 157 Å². The number of ether oxygens (including phenoxy) is 1. The average Bonchev–Trinajstić information content (AvgIpc) is 3.49. The maximum atomic E-state index is 13.1. The highest BCUT2D eigenvalue weighted by molar-refractivity contribution is 6.30. The molecule has 0 radical (unpaired) electrons. The Morgan fingerprint density at radius 1 is 1.20 bits per heavy atom. The van der Waals surface area contributed by atoms with Crippen molar-refractivity contribution in [2.45, 2.75) is 18.9 Å². The Hall–Kier alpha value is -4.68. The van der Waals surface area contributed by atoms with Crippen molar-refractivity contribution >= 4 is 29.6 Å². The number of carbonyl (C=O) groups is 2. The molecule has 0 unspecified atom stereocenters. The van der Waals surface area contributed by atoms with Gasteiger partial charge in [-0.1, -0.05) is 35.9 Å². The van der Waals surface area contributed by atoms with Crippen LogP contribution in [0.2, 0.25) is 5.02 Å². The Morgan fingerprint density at radius 3 is 2.68 bits per heavy atom. The number of halogens is 1. The van der Waals surface area contributed by atoms with Gasteiger partial charge in [0, 0.05) is 16.7 Å². The molecule has 2 aromatic carbocycles. The molecule has 3 heterocycles. The van der Waals surface area contributed by atoms with E-state index in [-0.39, 0.29) is 23.9 Å². The molecule has 1 atom stereocenters. The van der Waals surface area contributed by atoms with E-state index < -0.39 is 6.04 Å². The number of nitrogens with one attached hydrogen (secondary N) is 3. The monoisotopic (exact) mass is 574 g/mol. The molecule has 0 saturated carbocycles. The fourth-order valence-corrected chi connectivity index (χ4v) is 4.66. The Kier molecular flexibility index (Phi) is 8.61. The lowest BCUT2D eigenvalue weighted by molar-refractivity contribution is -0.139. The molecule has 1 amide bonds. The van der Waals surface area contributed by atoms with Gasteiger partial charge in [0.05, 0.1) is 36.5 Å². The van der Waals surface area contributed by atoms with Gasteiger partial charge < -0.3 is 15.4 Å². The van der Waals surface area contributed by atoms with Crippen LogP contribution in [0.5, 0.6) is 0 Å². The van der Waals surface area contributed by atoms with Crippen molar-refractivity contribution in [2.24, 2.45) is 5.92 Å². The van der Waals surface area contributed by atoms with Gasteiger partial charge in [-0.15, -0.1) is 5.10 Å². The van der Waals surface area contributed by atoms with Crippen molar-refractivity contribution in [3.8, 4) is 16.8 Å². The second kappa shape index (κ2) is 12.7. The first kappa shape index (κ1) is 27.9. The number of hydrogen-bond donors (Lipinski definition) is 3. The minimum Gasteiger partial charge on any atom is -0.469 e. The number of hydrogen-bond acceptors (Lipinski definition) is 9. The number of rotatable bonds is 10. The molecular weight excluding hydrogens is 548 g/mol. The van der Waals surface area contributed by atoms with Gasteiger partial charge in [0.25, 0.3) is 5.56 Å². The number of amides is 1. The van der Waals surface area contributed by atoms with E-state index in [1.165, 1.54) is 24.2 Å². The zero-order chi connectivity index (χ0) is 28.8. The van der Waals surface area contributed by atoms with Gasteiger partial charge in [0.1, 0.15) is 6.33 Å². The number of esters is 1. The zero-order valence-electron chi connectivity index (χ0n) is 22.1. The van der Waals surface area contributed by atoms with E-state index in [9.17, 15) is 14.4 Å². The Balaban J connectivity index is 1.38. The highest BCUT2D eigenvalue weighted by atomic mass is 35.5. The summed E-state index contributed by atoms with van der Waals surface area (Å²) in [6.07, 6.45) is 5.28. The minimum absolute atomic E-state index is 0.137. The molecule has 1 aliphatic heterocycles. The molecular formula is C28H27ClN8O4. The van der Waals surface area contributed by atoms with Crippen molar-refractivity contribution in [1.82, 2.24) is 41.0 Å². The lowest BCUT2D eigenvalue weighted by Gasteiger charge is -2.30. The van der Waals surface area contributed by atoms with Gasteiger partial charge in [-0.3, -0.25) is 14.4 Å². The Labute approximate surface area is 239 Å². The first-order valence-corrected chi connectivity index (χ1v) is 13.3. The molecule has 13 heteroatoms. The first-order valence-electron chi connectivity index (χ1n) is 12.9. The summed E-state index contributed by atoms with van der Waals surface area (Å²) >= 11 is 6.19. The van der Waals surface area contributed by atoms with Crippen LogP contribution in [0.1, 0.15) is 29.3 Å². The van der Waals surface area contributed by atoms with Crippen LogP contribution >= 0.6 is 11.6 Å². The standard InChI is InChI=1S/C28H27ClN8O4/c1-41-27(39)11-17-2-4-19(5-3-17)22-13-24(33-34-28(22)40)23(10-18-14-30-15-18)32-26(38)9-6-20-12-21(29)7-8-25(20)37-16-31-35-36-37/h2-9,12-13,16,18,23,30H,10-11,14-15H2,1H3,(H,32,38)(H,34,40)/b9-6+/t23-/m0/s1. The molecule has 0 bridgehead atoms. The number of tetrazole rings is 1. The average molecular weight is 575 g/mol. The van der Waals surface area contributed by atoms with Crippen LogP contribution in [-0.4, -0.2) is 62.5 Å². The number of benzene rings is 2. The van der Waals surface area contributed by atoms with Gasteiger partial charge in [0.15, 0.2) is 0 Å². The second-order valence-electron chi connectivity index (χ2n) is 9.60. The number of nitrogens with zero attached hydrogens (tertiary/aromatic N) is 5. The summed E-state index contributed by atoms with van der Waals surface area (Å²) in [6, 6.07) is 13.5. The molecule has 12 nitrogen and oxygen atoms in total. The lowest BCUT2D eigenvalue weighted by Crippen LogP contribution is -2.44. The number of methoxy groups -OCH3 is 1. The van der Waals surface area contributed by atoms with E-state index in [4.69, 9.17) is 16.3 Å². The SMILES string of the molecule is COC(=O)Cc1ccc(-c2cc([C@H](CC3CNC3)NC(=O)/C=C/c3cc(Cl)ccc3-n3cnnn3)n[nH]c2=O)cc1. The van der Waals surface area contributed by atoms with Crippen LogP contribution in [0.15, 0.2) is 65.7 Å². The predicted octanol–water partition coefficient (Wildman–Crippen LogP) is 2.26.